The molecule has 2 heteroatoms. The SMILES string of the molecule is c1cnc2c(c1)CCOC2. The van der Waals surface area contributed by atoms with Gasteiger partial charge in [-0.1, -0.05) is 6.07 Å². The lowest BCUT2D eigenvalue weighted by Crippen LogP contribution is -2.10. The molecule has 2 nitrogen and oxygen atoms in total. The molecule has 0 saturated heterocycles. The number of hydrogen-bond acceptors (Lipinski definition) is 2. The van der Waals surface area contributed by atoms with Gasteiger partial charge in [0.05, 0.1) is 18.9 Å². The molecule has 0 saturated carbocycles. The summed E-state index contributed by atoms with van der Waals surface area (Å²) in [5.41, 5.74) is 2.45. The van der Waals surface area contributed by atoms with Crippen molar-refractivity contribution in [3.8, 4) is 0 Å². The van der Waals surface area contributed by atoms with Gasteiger partial charge in [0.25, 0.3) is 0 Å². The predicted molar refractivity (Wildman–Crippen MR) is 37.6 cm³/mol. The highest BCUT2D eigenvalue weighted by molar-refractivity contribution is 5.20. The molecule has 0 amide bonds. The number of nitrogens with zero attached hydrogens (tertiary/aromatic N) is 1. The minimum Gasteiger partial charge on any atom is -0.375 e. The third-order valence-electron chi connectivity index (χ3n) is 1.74. The Balaban J connectivity index is 2.41. The lowest BCUT2D eigenvalue weighted by Gasteiger charge is -2.13. The highest BCUT2D eigenvalue weighted by atomic mass is 16.5. The molecule has 0 fully saturated rings. The summed E-state index contributed by atoms with van der Waals surface area (Å²) in [6.07, 6.45) is 2.83. The van der Waals surface area contributed by atoms with Gasteiger partial charge in [0.15, 0.2) is 0 Å². The third-order valence-corrected chi connectivity index (χ3v) is 1.74. The first-order valence-corrected chi connectivity index (χ1v) is 3.47. The molecular formula is C8H9NO. The molecule has 0 atom stereocenters. The van der Waals surface area contributed by atoms with Gasteiger partial charge in [-0.05, 0) is 18.1 Å². The lowest BCUT2D eigenvalue weighted by atomic mass is 10.1. The summed E-state index contributed by atoms with van der Waals surface area (Å²) in [5, 5.41) is 0. The number of pyridine rings is 1. The fourth-order valence-corrected chi connectivity index (χ4v) is 1.18. The molecule has 0 N–H and O–H groups in total. The van der Waals surface area contributed by atoms with Gasteiger partial charge >= 0.3 is 0 Å². The topological polar surface area (TPSA) is 22.1 Å². The summed E-state index contributed by atoms with van der Waals surface area (Å²) in [7, 11) is 0. The summed E-state index contributed by atoms with van der Waals surface area (Å²) in [6.45, 7) is 1.54. The van der Waals surface area contributed by atoms with E-state index in [1.54, 1.807) is 0 Å². The Hall–Kier alpha value is -0.890. The maximum atomic E-state index is 5.23. The molecule has 1 aromatic heterocycles. The van der Waals surface area contributed by atoms with Crippen LogP contribution in [-0.2, 0) is 17.8 Å². The van der Waals surface area contributed by atoms with Crippen molar-refractivity contribution in [2.24, 2.45) is 0 Å². The Bertz CT molecular complexity index is 209. The fraction of sp³-hybridized carbons (Fsp3) is 0.375. The van der Waals surface area contributed by atoms with Gasteiger partial charge in [0.2, 0.25) is 0 Å². The third kappa shape index (κ3) is 0.907. The van der Waals surface area contributed by atoms with E-state index in [2.05, 4.69) is 11.1 Å². The van der Waals surface area contributed by atoms with Crippen molar-refractivity contribution < 1.29 is 4.74 Å². The molecule has 0 unspecified atom stereocenters. The zero-order valence-electron chi connectivity index (χ0n) is 5.71. The van der Waals surface area contributed by atoms with Crippen LogP contribution in [0.3, 0.4) is 0 Å². The van der Waals surface area contributed by atoms with E-state index in [9.17, 15) is 0 Å². The zero-order valence-corrected chi connectivity index (χ0v) is 5.71. The van der Waals surface area contributed by atoms with Crippen LogP contribution in [0.5, 0.6) is 0 Å². The van der Waals surface area contributed by atoms with Crippen molar-refractivity contribution in [1.29, 1.82) is 0 Å². The average Bonchev–Trinajstić information content (AvgIpc) is 2.05. The second-order valence-corrected chi connectivity index (χ2v) is 2.41. The van der Waals surface area contributed by atoms with Gasteiger partial charge in [-0.2, -0.15) is 0 Å². The first-order valence-electron chi connectivity index (χ1n) is 3.47. The standard InChI is InChI=1S/C8H9NO/c1-2-7-3-5-10-6-8(7)9-4-1/h1-2,4H,3,5-6H2. The monoisotopic (exact) mass is 135 g/mol. The summed E-state index contributed by atoms with van der Waals surface area (Å²) in [6, 6.07) is 4.09. The molecule has 2 heterocycles. The van der Waals surface area contributed by atoms with E-state index in [0.29, 0.717) is 6.61 Å². The molecule has 0 spiro atoms. The van der Waals surface area contributed by atoms with Gasteiger partial charge < -0.3 is 4.74 Å². The largest absolute Gasteiger partial charge is 0.375 e. The summed E-state index contributed by atoms with van der Waals surface area (Å²) >= 11 is 0. The van der Waals surface area contributed by atoms with Crippen LogP contribution < -0.4 is 0 Å². The maximum absolute atomic E-state index is 5.23. The molecule has 1 aliphatic rings. The number of fused-ring (bicyclic) bond motifs is 1. The zero-order chi connectivity index (χ0) is 6.81. The first-order chi connectivity index (χ1) is 4.97. The number of rotatable bonds is 0. The van der Waals surface area contributed by atoms with Gasteiger partial charge in [-0.15, -0.1) is 0 Å². The highest BCUT2D eigenvalue weighted by Crippen LogP contribution is 2.12. The molecule has 10 heavy (non-hydrogen) atoms. The van der Waals surface area contributed by atoms with Crippen LogP contribution in [-0.4, -0.2) is 11.6 Å². The van der Waals surface area contributed by atoms with Crippen molar-refractivity contribution in [2.45, 2.75) is 13.0 Å². The van der Waals surface area contributed by atoms with Gasteiger partial charge in [0, 0.05) is 6.20 Å². The smallest absolute Gasteiger partial charge is 0.0890 e. The second kappa shape index (κ2) is 2.39. The van der Waals surface area contributed by atoms with Gasteiger partial charge in [-0.3, -0.25) is 4.98 Å². The normalized spacial score (nSPS) is 16.4. The van der Waals surface area contributed by atoms with Crippen LogP contribution >= 0.6 is 0 Å². The Labute approximate surface area is 59.9 Å². The number of hydrogen-bond donors (Lipinski definition) is 0. The summed E-state index contributed by atoms with van der Waals surface area (Å²) in [5.74, 6) is 0. The summed E-state index contributed by atoms with van der Waals surface area (Å²) in [4.78, 5) is 4.19. The van der Waals surface area contributed by atoms with Crippen molar-refractivity contribution in [1.82, 2.24) is 4.98 Å². The molecule has 0 bridgehead atoms. The Kier molecular flexibility index (Phi) is 1.40. The lowest BCUT2D eigenvalue weighted by molar-refractivity contribution is 0.107. The van der Waals surface area contributed by atoms with E-state index in [-0.39, 0.29) is 0 Å². The molecule has 0 radical (unpaired) electrons. The number of ether oxygens (including phenoxy) is 1. The quantitative estimate of drug-likeness (QED) is 0.532. The van der Waals surface area contributed by atoms with Crippen molar-refractivity contribution in [2.75, 3.05) is 6.61 Å². The van der Waals surface area contributed by atoms with Crippen LogP contribution in [0.25, 0.3) is 0 Å². The van der Waals surface area contributed by atoms with Crippen molar-refractivity contribution >= 4 is 0 Å². The fourth-order valence-electron chi connectivity index (χ4n) is 1.18. The molecular weight excluding hydrogens is 126 g/mol. The molecule has 52 valence electrons. The molecule has 1 aromatic rings. The second-order valence-electron chi connectivity index (χ2n) is 2.41. The van der Waals surface area contributed by atoms with E-state index >= 15 is 0 Å². The van der Waals surface area contributed by atoms with Crippen LogP contribution in [0.2, 0.25) is 0 Å². The van der Waals surface area contributed by atoms with Gasteiger partial charge in [0.1, 0.15) is 0 Å². The van der Waals surface area contributed by atoms with E-state index in [0.717, 1.165) is 18.7 Å². The Morgan fingerprint density at radius 3 is 3.40 bits per heavy atom. The molecule has 0 aromatic carbocycles. The molecule has 2 rings (SSSR count). The average molecular weight is 135 g/mol. The predicted octanol–water partition coefficient (Wildman–Crippen LogP) is 1.15. The van der Waals surface area contributed by atoms with E-state index in [1.165, 1.54) is 5.56 Å². The van der Waals surface area contributed by atoms with Crippen LogP contribution in [0.1, 0.15) is 11.3 Å². The van der Waals surface area contributed by atoms with Crippen LogP contribution in [0.15, 0.2) is 18.3 Å². The van der Waals surface area contributed by atoms with E-state index in [1.807, 2.05) is 12.3 Å². The molecule has 0 aliphatic carbocycles. The highest BCUT2D eigenvalue weighted by Gasteiger charge is 2.07. The van der Waals surface area contributed by atoms with E-state index < -0.39 is 0 Å². The first kappa shape index (κ1) is 5.86. The minimum absolute atomic E-state index is 0.691. The Morgan fingerprint density at radius 1 is 1.50 bits per heavy atom. The summed E-state index contributed by atoms with van der Waals surface area (Å²) < 4.78 is 5.23. The van der Waals surface area contributed by atoms with E-state index in [4.69, 9.17) is 4.74 Å². The minimum atomic E-state index is 0.691. The van der Waals surface area contributed by atoms with Crippen LogP contribution in [0, 0.1) is 0 Å². The van der Waals surface area contributed by atoms with Gasteiger partial charge in [-0.25, -0.2) is 0 Å². The maximum Gasteiger partial charge on any atom is 0.0890 e. The van der Waals surface area contributed by atoms with Crippen molar-refractivity contribution in [3.63, 3.8) is 0 Å². The van der Waals surface area contributed by atoms with Crippen LogP contribution in [0.4, 0.5) is 0 Å². The number of aromatic nitrogens is 1. The molecule has 1 aliphatic heterocycles. The Morgan fingerprint density at radius 2 is 2.50 bits per heavy atom. The van der Waals surface area contributed by atoms with Crippen molar-refractivity contribution in [3.05, 3.63) is 29.6 Å².